The van der Waals surface area contributed by atoms with Gasteiger partial charge in [-0.1, -0.05) is 46.5 Å². The van der Waals surface area contributed by atoms with Crippen molar-refractivity contribution in [3.05, 3.63) is 0 Å². The second kappa shape index (κ2) is 9.05. The Labute approximate surface area is 77.9 Å². The molecular weight excluding hydrogens is 146 g/mol. The van der Waals surface area contributed by atoms with E-state index in [4.69, 9.17) is 0 Å². The quantitative estimate of drug-likeness (QED) is 0.553. The van der Waals surface area contributed by atoms with Crippen molar-refractivity contribution in [2.24, 2.45) is 5.92 Å². The molecule has 0 heterocycles. The van der Waals surface area contributed by atoms with Gasteiger partial charge in [0.2, 0.25) is 0 Å². The fourth-order valence-corrected chi connectivity index (χ4v) is 1.73. The lowest BCUT2D eigenvalue weighted by molar-refractivity contribution is 0.402. The van der Waals surface area contributed by atoms with Gasteiger partial charge >= 0.3 is 0 Å². The first-order valence-corrected chi connectivity index (χ1v) is 5.55. The van der Waals surface area contributed by atoms with E-state index < -0.39 is 0 Å². The van der Waals surface area contributed by atoms with Crippen molar-refractivity contribution in [1.82, 2.24) is 5.32 Å². The summed E-state index contributed by atoms with van der Waals surface area (Å²) in [6.45, 7) is 9.08. The fraction of sp³-hybridized carbons (Fsp3) is 1.00. The first-order chi connectivity index (χ1) is 5.85. The Bertz CT molecular complexity index is 75.1. The average Bonchev–Trinajstić information content (AvgIpc) is 2.06. The lowest BCUT2D eigenvalue weighted by Crippen LogP contribution is -2.17. The second-order valence-corrected chi connectivity index (χ2v) is 3.59. The van der Waals surface area contributed by atoms with Crippen LogP contribution in [0.4, 0.5) is 0 Å². The normalized spacial score (nSPS) is 11.0. The maximum atomic E-state index is 3.40. The molecule has 0 saturated carbocycles. The largest absolute Gasteiger partial charge is 0.317 e. The molecule has 0 amide bonds. The zero-order chi connectivity index (χ0) is 9.23. The summed E-state index contributed by atoms with van der Waals surface area (Å²) in [5.41, 5.74) is 0. The Balaban J connectivity index is 3.34. The highest BCUT2D eigenvalue weighted by Crippen LogP contribution is 2.16. The molecule has 1 nitrogen and oxygen atoms in total. The molecule has 12 heavy (non-hydrogen) atoms. The van der Waals surface area contributed by atoms with Gasteiger partial charge in [-0.15, -0.1) is 0 Å². The molecule has 0 aromatic carbocycles. The Morgan fingerprint density at radius 1 is 0.917 bits per heavy atom. The van der Waals surface area contributed by atoms with E-state index in [0.717, 1.165) is 12.5 Å². The second-order valence-electron chi connectivity index (χ2n) is 3.59. The Morgan fingerprint density at radius 3 is 1.92 bits per heavy atom. The third-order valence-corrected chi connectivity index (χ3v) is 2.37. The van der Waals surface area contributed by atoms with Crippen LogP contribution in [0.1, 0.15) is 52.9 Å². The molecule has 0 aliphatic rings. The van der Waals surface area contributed by atoms with Crippen molar-refractivity contribution < 1.29 is 0 Å². The first kappa shape index (κ1) is 12.0. The van der Waals surface area contributed by atoms with Crippen molar-refractivity contribution in [3.63, 3.8) is 0 Å². The zero-order valence-electron chi connectivity index (χ0n) is 9.03. The molecule has 0 atom stereocenters. The summed E-state index contributed by atoms with van der Waals surface area (Å²) in [5.74, 6) is 0.971. The van der Waals surface area contributed by atoms with Gasteiger partial charge in [-0.25, -0.2) is 0 Å². The van der Waals surface area contributed by atoms with Gasteiger partial charge < -0.3 is 5.32 Å². The summed E-state index contributed by atoms with van der Waals surface area (Å²) >= 11 is 0. The molecule has 0 aliphatic heterocycles. The highest BCUT2D eigenvalue weighted by Gasteiger charge is 2.04. The first-order valence-electron chi connectivity index (χ1n) is 5.55. The molecule has 0 aromatic rings. The van der Waals surface area contributed by atoms with E-state index in [2.05, 4.69) is 26.1 Å². The zero-order valence-corrected chi connectivity index (χ0v) is 9.03. The SMILES string of the molecule is CCCC(CCC)CCNCC. The number of hydrogen-bond donors (Lipinski definition) is 1. The summed E-state index contributed by atoms with van der Waals surface area (Å²) in [6, 6.07) is 0. The molecule has 0 rings (SSSR count). The van der Waals surface area contributed by atoms with Crippen molar-refractivity contribution in [1.29, 1.82) is 0 Å². The summed E-state index contributed by atoms with van der Waals surface area (Å²) in [5, 5.41) is 3.40. The van der Waals surface area contributed by atoms with E-state index in [9.17, 15) is 0 Å². The van der Waals surface area contributed by atoms with Gasteiger partial charge in [-0.3, -0.25) is 0 Å². The predicted molar refractivity (Wildman–Crippen MR) is 56.5 cm³/mol. The smallest absolute Gasteiger partial charge is 0.00464 e. The number of nitrogens with one attached hydrogen (secondary N) is 1. The Morgan fingerprint density at radius 2 is 1.50 bits per heavy atom. The van der Waals surface area contributed by atoms with Crippen LogP contribution < -0.4 is 5.32 Å². The van der Waals surface area contributed by atoms with Crippen LogP contribution in [-0.2, 0) is 0 Å². The van der Waals surface area contributed by atoms with Gasteiger partial charge in [0.1, 0.15) is 0 Å². The third kappa shape index (κ3) is 6.66. The molecule has 0 saturated heterocycles. The van der Waals surface area contributed by atoms with E-state index in [1.165, 1.54) is 38.6 Å². The standard InChI is InChI=1S/C11H25N/c1-4-7-11(8-5-2)9-10-12-6-3/h11-12H,4-10H2,1-3H3. The molecule has 0 aromatic heterocycles. The van der Waals surface area contributed by atoms with Crippen LogP contribution in [0.25, 0.3) is 0 Å². The molecule has 0 bridgehead atoms. The summed E-state index contributed by atoms with van der Waals surface area (Å²) < 4.78 is 0. The summed E-state index contributed by atoms with van der Waals surface area (Å²) in [6.07, 6.45) is 6.89. The van der Waals surface area contributed by atoms with Crippen LogP contribution >= 0.6 is 0 Å². The van der Waals surface area contributed by atoms with Crippen LogP contribution in [0, 0.1) is 5.92 Å². The van der Waals surface area contributed by atoms with E-state index >= 15 is 0 Å². The van der Waals surface area contributed by atoms with Crippen LogP contribution in [0.2, 0.25) is 0 Å². The topological polar surface area (TPSA) is 12.0 Å². The summed E-state index contributed by atoms with van der Waals surface area (Å²) in [4.78, 5) is 0. The van der Waals surface area contributed by atoms with Crippen LogP contribution in [0.3, 0.4) is 0 Å². The molecule has 0 aliphatic carbocycles. The highest BCUT2D eigenvalue weighted by molar-refractivity contribution is 4.59. The lowest BCUT2D eigenvalue weighted by Gasteiger charge is -2.14. The van der Waals surface area contributed by atoms with Gasteiger partial charge in [0, 0.05) is 0 Å². The van der Waals surface area contributed by atoms with Gasteiger partial charge in [0.05, 0.1) is 0 Å². The fourth-order valence-electron chi connectivity index (χ4n) is 1.73. The molecule has 74 valence electrons. The van der Waals surface area contributed by atoms with Crippen molar-refractivity contribution in [2.75, 3.05) is 13.1 Å². The molecular formula is C11H25N. The minimum atomic E-state index is 0.971. The molecule has 0 fully saturated rings. The minimum Gasteiger partial charge on any atom is -0.317 e. The predicted octanol–water partition coefficient (Wildman–Crippen LogP) is 3.20. The Kier molecular flexibility index (Phi) is 9.02. The third-order valence-electron chi connectivity index (χ3n) is 2.37. The lowest BCUT2D eigenvalue weighted by atomic mass is 9.95. The molecule has 0 spiro atoms. The van der Waals surface area contributed by atoms with Crippen molar-refractivity contribution in [2.45, 2.75) is 52.9 Å². The van der Waals surface area contributed by atoms with Gasteiger partial charge in [0.15, 0.2) is 0 Å². The highest BCUT2D eigenvalue weighted by atomic mass is 14.8. The van der Waals surface area contributed by atoms with E-state index in [-0.39, 0.29) is 0 Å². The van der Waals surface area contributed by atoms with Gasteiger partial charge in [-0.2, -0.15) is 0 Å². The number of hydrogen-bond acceptors (Lipinski definition) is 1. The number of rotatable bonds is 8. The summed E-state index contributed by atoms with van der Waals surface area (Å²) in [7, 11) is 0. The Hall–Kier alpha value is -0.0400. The molecule has 0 radical (unpaired) electrons. The van der Waals surface area contributed by atoms with Gasteiger partial charge in [-0.05, 0) is 25.4 Å². The monoisotopic (exact) mass is 171 g/mol. The molecule has 1 N–H and O–H groups in total. The maximum Gasteiger partial charge on any atom is -0.00464 e. The molecule has 0 unspecified atom stereocenters. The van der Waals surface area contributed by atoms with Crippen molar-refractivity contribution >= 4 is 0 Å². The van der Waals surface area contributed by atoms with E-state index in [0.29, 0.717) is 0 Å². The minimum absolute atomic E-state index is 0.971. The van der Waals surface area contributed by atoms with E-state index in [1.54, 1.807) is 0 Å². The van der Waals surface area contributed by atoms with Crippen LogP contribution in [0.15, 0.2) is 0 Å². The maximum absolute atomic E-state index is 3.40. The van der Waals surface area contributed by atoms with Crippen molar-refractivity contribution in [3.8, 4) is 0 Å². The average molecular weight is 171 g/mol. The van der Waals surface area contributed by atoms with Gasteiger partial charge in [0.25, 0.3) is 0 Å². The van der Waals surface area contributed by atoms with Crippen LogP contribution in [-0.4, -0.2) is 13.1 Å². The van der Waals surface area contributed by atoms with Crippen LogP contribution in [0.5, 0.6) is 0 Å². The molecule has 1 heteroatoms. The van der Waals surface area contributed by atoms with E-state index in [1.807, 2.05) is 0 Å².